The zero-order valence-electron chi connectivity index (χ0n) is 13.5. The van der Waals surface area contributed by atoms with Crippen molar-refractivity contribution in [1.29, 1.82) is 0 Å². The summed E-state index contributed by atoms with van der Waals surface area (Å²) in [4.78, 5) is 13.7. The van der Waals surface area contributed by atoms with E-state index in [1.54, 1.807) is 0 Å². The second-order valence-electron chi connectivity index (χ2n) is 5.90. The predicted octanol–water partition coefficient (Wildman–Crippen LogP) is 2.42. The van der Waals surface area contributed by atoms with Crippen molar-refractivity contribution in [3.63, 3.8) is 0 Å². The minimum atomic E-state index is -4.69. The van der Waals surface area contributed by atoms with Crippen molar-refractivity contribution >= 4 is 33.0 Å². The van der Waals surface area contributed by atoms with Crippen LogP contribution in [0.1, 0.15) is 12.0 Å². The Morgan fingerprint density at radius 2 is 2.12 bits per heavy atom. The largest absolute Gasteiger partial charge is 0.418 e. The van der Waals surface area contributed by atoms with Crippen LogP contribution in [0.3, 0.4) is 0 Å². The standard InChI is InChI=1S/C16H16ClF3N2O3S/c1-2-6-22(12-5-7-26(24,25)10-12)9-15(23)21-14-4-3-11(17)8-13(14)16(18,19)20/h1,3-4,8,12H,5-7,9-10H2,(H,21,23). The van der Waals surface area contributed by atoms with E-state index in [2.05, 4.69) is 11.2 Å². The molecular formula is C16H16ClF3N2O3S. The van der Waals surface area contributed by atoms with Crippen molar-refractivity contribution in [2.45, 2.75) is 18.6 Å². The van der Waals surface area contributed by atoms with E-state index >= 15 is 0 Å². The zero-order valence-corrected chi connectivity index (χ0v) is 15.1. The quantitative estimate of drug-likeness (QED) is 0.760. The molecule has 0 saturated carbocycles. The fraction of sp³-hybridized carbons (Fsp3) is 0.438. The smallest absolute Gasteiger partial charge is 0.324 e. The van der Waals surface area contributed by atoms with Gasteiger partial charge in [0, 0.05) is 11.1 Å². The Hall–Kier alpha value is -1.76. The van der Waals surface area contributed by atoms with E-state index in [0.717, 1.165) is 12.1 Å². The first-order valence-electron chi connectivity index (χ1n) is 7.56. The molecule has 1 aliphatic rings. The first kappa shape index (κ1) is 20.6. The number of carbonyl (C=O) groups is 1. The molecule has 1 atom stereocenters. The molecule has 1 heterocycles. The van der Waals surface area contributed by atoms with E-state index in [0.29, 0.717) is 6.42 Å². The van der Waals surface area contributed by atoms with Gasteiger partial charge in [-0.15, -0.1) is 6.42 Å². The molecule has 1 N–H and O–H groups in total. The maximum absolute atomic E-state index is 13.1. The molecule has 1 amide bonds. The highest BCUT2D eigenvalue weighted by Gasteiger charge is 2.35. The maximum atomic E-state index is 13.1. The number of hydrogen-bond donors (Lipinski definition) is 1. The van der Waals surface area contributed by atoms with Gasteiger partial charge >= 0.3 is 6.18 Å². The van der Waals surface area contributed by atoms with Crippen LogP contribution >= 0.6 is 11.6 Å². The van der Waals surface area contributed by atoms with Crippen molar-refractivity contribution < 1.29 is 26.4 Å². The molecule has 1 aromatic rings. The number of sulfone groups is 1. The number of anilines is 1. The molecule has 0 bridgehead atoms. The Bertz CT molecular complexity index is 834. The minimum absolute atomic E-state index is 0.00420. The van der Waals surface area contributed by atoms with E-state index in [-0.39, 0.29) is 29.6 Å². The number of hydrogen-bond acceptors (Lipinski definition) is 4. The summed E-state index contributed by atoms with van der Waals surface area (Å²) in [5, 5.41) is 2.09. The molecule has 10 heteroatoms. The normalized spacial score (nSPS) is 19.3. The molecule has 5 nitrogen and oxygen atoms in total. The van der Waals surface area contributed by atoms with Gasteiger partial charge in [0.05, 0.1) is 35.8 Å². The molecule has 1 unspecified atom stereocenters. The van der Waals surface area contributed by atoms with Crippen LogP contribution in [-0.4, -0.2) is 49.9 Å². The Kier molecular flexibility index (Phi) is 6.21. The Morgan fingerprint density at radius 1 is 1.42 bits per heavy atom. The lowest BCUT2D eigenvalue weighted by Crippen LogP contribution is -2.42. The van der Waals surface area contributed by atoms with Crippen LogP contribution in [0, 0.1) is 12.3 Å². The number of nitrogens with one attached hydrogen (secondary N) is 1. The monoisotopic (exact) mass is 408 g/mol. The van der Waals surface area contributed by atoms with Crippen LogP contribution in [0.5, 0.6) is 0 Å². The lowest BCUT2D eigenvalue weighted by Gasteiger charge is -2.25. The zero-order chi connectivity index (χ0) is 19.5. The Morgan fingerprint density at radius 3 is 2.65 bits per heavy atom. The fourth-order valence-electron chi connectivity index (χ4n) is 2.73. The molecular weight excluding hydrogens is 393 g/mol. The van der Waals surface area contributed by atoms with Crippen molar-refractivity contribution in [3.8, 4) is 12.3 Å². The summed E-state index contributed by atoms with van der Waals surface area (Å²) in [5.41, 5.74) is -1.49. The van der Waals surface area contributed by atoms with Gasteiger partial charge in [-0.25, -0.2) is 8.42 Å². The topological polar surface area (TPSA) is 66.5 Å². The van der Waals surface area contributed by atoms with Crippen LogP contribution < -0.4 is 5.32 Å². The SMILES string of the molecule is C#CCN(CC(=O)Nc1ccc(Cl)cc1C(F)(F)F)C1CCS(=O)(=O)C1. The molecule has 1 saturated heterocycles. The first-order valence-corrected chi connectivity index (χ1v) is 9.76. The van der Waals surface area contributed by atoms with Crippen molar-refractivity contribution in [2.24, 2.45) is 0 Å². The number of benzene rings is 1. The van der Waals surface area contributed by atoms with E-state index in [4.69, 9.17) is 18.0 Å². The van der Waals surface area contributed by atoms with Crippen molar-refractivity contribution in [3.05, 3.63) is 28.8 Å². The first-order chi connectivity index (χ1) is 12.0. The summed E-state index contributed by atoms with van der Waals surface area (Å²) in [7, 11) is -3.19. The summed E-state index contributed by atoms with van der Waals surface area (Å²) in [5.74, 6) is 1.48. The molecule has 2 rings (SSSR count). The summed E-state index contributed by atoms with van der Waals surface area (Å²) in [6, 6.07) is 2.58. The molecule has 1 fully saturated rings. The van der Waals surface area contributed by atoms with Crippen LogP contribution in [0.15, 0.2) is 18.2 Å². The summed E-state index contributed by atoms with van der Waals surface area (Å²) >= 11 is 5.60. The van der Waals surface area contributed by atoms with E-state index in [1.807, 2.05) is 0 Å². The average molecular weight is 409 g/mol. The van der Waals surface area contributed by atoms with E-state index < -0.39 is 39.2 Å². The third-order valence-electron chi connectivity index (χ3n) is 3.93. The van der Waals surface area contributed by atoms with Crippen LogP contribution in [0.2, 0.25) is 5.02 Å². The number of alkyl halides is 3. The number of rotatable bonds is 5. The van der Waals surface area contributed by atoms with Crippen molar-refractivity contribution in [1.82, 2.24) is 4.90 Å². The van der Waals surface area contributed by atoms with Gasteiger partial charge in [-0.3, -0.25) is 9.69 Å². The van der Waals surface area contributed by atoms with Gasteiger partial charge < -0.3 is 5.32 Å². The van der Waals surface area contributed by atoms with Crippen LogP contribution in [0.25, 0.3) is 0 Å². The molecule has 1 aliphatic heterocycles. The second-order valence-corrected chi connectivity index (χ2v) is 8.57. The van der Waals surface area contributed by atoms with E-state index in [9.17, 15) is 26.4 Å². The maximum Gasteiger partial charge on any atom is 0.418 e. The number of terminal acetylenes is 1. The molecule has 0 spiro atoms. The van der Waals surface area contributed by atoms with Gasteiger partial charge in [-0.2, -0.15) is 13.2 Å². The lowest BCUT2D eigenvalue weighted by atomic mass is 10.1. The second kappa shape index (κ2) is 7.86. The number of nitrogens with zero attached hydrogens (tertiary/aromatic N) is 1. The Balaban J connectivity index is 2.13. The predicted molar refractivity (Wildman–Crippen MR) is 92.5 cm³/mol. The number of halogens is 4. The molecule has 0 radical (unpaired) electrons. The highest BCUT2D eigenvalue weighted by molar-refractivity contribution is 7.91. The summed E-state index contributed by atoms with van der Waals surface area (Å²) in [6.45, 7) is -0.301. The molecule has 1 aromatic carbocycles. The summed E-state index contributed by atoms with van der Waals surface area (Å²) in [6.07, 6.45) is 0.891. The average Bonchev–Trinajstić information content (AvgIpc) is 2.87. The number of amides is 1. The summed E-state index contributed by atoms with van der Waals surface area (Å²) < 4.78 is 62.4. The van der Waals surface area contributed by atoms with Gasteiger partial charge in [0.25, 0.3) is 0 Å². The van der Waals surface area contributed by atoms with Crippen LogP contribution in [-0.2, 0) is 20.8 Å². The van der Waals surface area contributed by atoms with Gasteiger partial charge in [-0.1, -0.05) is 17.5 Å². The number of carbonyl (C=O) groups excluding carboxylic acids is 1. The van der Waals surface area contributed by atoms with Gasteiger partial charge in [0.1, 0.15) is 0 Å². The molecule has 0 aliphatic carbocycles. The van der Waals surface area contributed by atoms with Crippen LogP contribution in [0.4, 0.5) is 18.9 Å². The van der Waals surface area contributed by atoms with Crippen molar-refractivity contribution in [2.75, 3.05) is 29.9 Å². The molecule has 26 heavy (non-hydrogen) atoms. The molecule has 0 aromatic heterocycles. The van der Waals surface area contributed by atoms with E-state index in [1.165, 1.54) is 11.0 Å². The minimum Gasteiger partial charge on any atom is -0.324 e. The lowest BCUT2D eigenvalue weighted by molar-refractivity contribution is -0.137. The third-order valence-corrected chi connectivity index (χ3v) is 5.91. The van der Waals surface area contributed by atoms with Gasteiger partial charge in [0.15, 0.2) is 9.84 Å². The Labute approximate surface area is 154 Å². The van der Waals surface area contributed by atoms with Gasteiger partial charge in [-0.05, 0) is 24.6 Å². The highest BCUT2D eigenvalue weighted by Crippen LogP contribution is 2.36. The fourth-order valence-corrected chi connectivity index (χ4v) is 4.66. The molecule has 142 valence electrons. The van der Waals surface area contributed by atoms with Gasteiger partial charge in [0.2, 0.25) is 5.91 Å². The highest BCUT2D eigenvalue weighted by atomic mass is 35.5. The third kappa shape index (κ3) is 5.37.